The first kappa shape index (κ1) is 25.6. The maximum Gasteiger partial charge on any atom is 0.146 e. The summed E-state index contributed by atoms with van der Waals surface area (Å²) in [5.74, 6) is -0.0115. The van der Waals surface area contributed by atoms with Gasteiger partial charge in [0.2, 0.25) is 0 Å². The van der Waals surface area contributed by atoms with Crippen LogP contribution in [0.15, 0.2) is 12.2 Å². The average Bonchev–Trinajstić information content (AvgIpc) is 2.69. The van der Waals surface area contributed by atoms with Crippen molar-refractivity contribution in [2.75, 3.05) is 20.5 Å². The zero-order valence-electron chi connectivity index (χ0n) is 18.7. The van der Waals surface area contributed by atoms with Gasteiger partial charge in [-0.3, -0.25) is 0 Å². The first-order valence-electron chi connectivity index (χ1n) is 11.8. The van der Waals surface area contributed by atoms with Gasteiger partial charge in [-0.25, -0.2) is 0 Å². The summed E-state index contributed by atoms with van der Waals surface area (Å²) in [6, 6.07) is 0. The predicted octanol–water partition coefficient (Wildman–Crippen LogP) is 6.02. The molecule has 1 aliphatic heterocycles. The number of aliphatic hydroxyl groups excluding tert-OH is 1. The lowest BCUT2D eigenvalue weighted by atomic mass is 9.87. The minimum Gasteiger partial charge on any atom is -0.393 e. The third-order valence-corrected chi connectivity index (χ3v) is 5.69. The molecule has 0 aromatic heterocycles. The Morgan fingerprint density at radius 3 is 2.29 bits per heavy atom. The van der Waals surface area contributed by atoms with Crippen molar-refractivity contribution < 1.29 is 19.3 Å². The van der Waals surface area contributed by atoms with E-state index in [1.54, 1.807) is 7.11 Å². The van der Waals surface area contributed by atoms with Crippen LogP contribution in [0.4, 0.5) is 0 Å². The topological polar surface area (TPSA) is 47.9 Å². The smallest absolute Gasteiger partial charge is 0.146 e. The van der Waals surface area contributed by atoms with Gasteiger partial charge in [0.1, 0.15) is 6.79 Å². The van der Waals surface area contributed by atoms with Crippen LogP contribution >= 0.6 is 0 Å². The van der Waals surface area contributed by atoms with E-state index in [9.17, 15) is 5.11 Å². The highest BCUT2D eigenvalue weighted by molar-refractivity contribution is 4.98. The molecule has 0 spiro atoms. The SMILES string of the molecule is CCC/C=C/[C@@H]1O[C@H](CCCCCCCCCCC)C[C@H](O)[C@H]1COCOC. The molecule has 0 unspecified atom stereocenters. The Hall–Kier alpha value is -0.420. The van der Waals surface area contributed by atoms with E-state index in [0.717, 1.165) is 25.7 Å². The molecule has 166 valence electrons. The molecule has 1 fully saturated rings. The maximum atomic E-state index is 10.7. The summed E-state index contributed by atoms with van der Waals surface area (Å²) in [6.07, 6.45) is 20.0. The first-order chi connectivity index (χ1) is 13.7. The molecule has 28 heavy (non-hydrogen) atoms. The van der Waals surface area contributed by atoms with E-state index in [0.29, 0.717) is 6.61 Å². The molecular formula is C24H46O4. The van der Waals surface area contributed by atoms with Crippen LogP contribution in [0, 0.1) is 5.92 Å². The maximum absolute atomic E-state index is 10.7. The summed E-state index contributed by atoms with van der Waals surface area (Å²) in [6.45, 7) is 5.17. The molecule has 0 aromatic rings. The van der Waals surface area contributed by atoms with Gasteiger partial charge < -0.3 is 19.3 Å². The molecule has 1 N–H and O–H groups in total. The summed E-state index contributed by atoms with van der Waals surface area (Å²) in [5, 5.41) is 10.7. The van der Waals surface area contributed by atoms with Gasteiger partial charge in [0.25, 0.3) is 0 Å². The number of allylic oxidation sites excluding steroid dienone is 1. The lowest BCUT2D eigenvalue weighted by Crippen LogP contribution is -2.45. The number of ether oxygens (including phenoxy) is 3. The van der Waals surface area contributed by atoms with Gasteiger partial charge in [-0.05, 0) is 19.3 Å². The van der Waals surface area contributed by atoms with Crippen LogP contribution < -0.4 is 0 Å². The van der Waals surface area contributed by atoms with E-state index in [1.807, 2.05) is 0 Å². The predicted molar refractivity (Wildman–Crippen MR) is 116 cm³/mol. The van der Waals surface area contributed by atoms with Crippen molar-refractivity contribution in [2.24, 2.45) is 5.92 Å². The van der Waals surface area contributed by atoms with Crippen molar-refractivity contribution in [3.63, 3.8) is 0 Å². The third-order valence-electron chi connectivity index (χ3n) is 5.69. The highest BCUT2D eigenvalue weighted by Crippen LogP contribution is 2.30. The molecule has 4 atom stereocenters. The second-order valence-electron chi connectivity index (χ2n) is 8.30. The molecule has 1 aliphatic rings. The Morgan fingerprint density at radius 2 is 1.64 bits per heavy atom. The fourth-order valence-electron chi connectivity index (χ4n) is 3.97. The second-order valence-corrected chi connectivity index (χ2v) is 8.30. The molecule has 0 amide bonds. The van der Waals surface area contributed by atoms with Crippen molar-refractivity contribution in [3.8, 4) is 0 Å². The highest BCUT2D eigenvalue weighted by Gasteiger charge is 2.36. The van der Waals surface area contributed by atoms with Crippen LogP contribution in [0.2, 0.25) is 0 Å². The van der Waals surface area contributed by atoms with Gasteiger partial charge in [-0.2, -0.15) is 0 Å². The number of hydrogen-bond donors (Lipinski definition) is 1. The largest absolute Gasteiger partial charge is 0.393 e. The van der Waals surface area contributed by atoms with E-state index in [2.05, 4.69) is 26.0 Å². The Labute approximate surface area is 174 Å². The van der Waals surface area contributed by atoms with E-state index < -0.39 is 0 Å². The van der Waals surface area contributed by atoms with E-state index in [4.69, 9.17) is 14.2 Å². The molecule has 0 aromatic carbocycles. The van der Waals surface area contributed by atoms with Crippen LogP contribution in [0.1, 0.15) is 97.3 Å². The van der Waals surface area contributed by atoms with Crippen LogP contribution in [0.5, 0.6) is 0 Å². The van der Waals surface area contributed by atoms with Crippen molar-refractivity contribution in [1.82, 2.24) is 0 Å². The summed E-state index contributed by atoms with van der Waals surface area (Å²) in [4.78, 5) is 0. The van der Waals surface area contributed by atoms with E-state index in [1.165, 1.54) is 57.8 Å². The molecule has 0 bridgehead atoms. The molecule has 0 saturated carbocycles. The molecular weight excluding hydrogens is 352 g/mol. The molecule has 4 heteroatoms. The van der Waals surface area contributed by atoms with Crippen molar-refractivity contribution in [2.45, 2.75) is 116 Å². The van der Waals surface area contributed by atoms with Crippen LogP contribution in [-0.4, -0.2) is 43.9 Å². The quantitative estimate of drug-likeness (QED) is 0.185. The minimum atomic E-state index is -0.370. The molecule has 1 saturated heterocycles. The van der Waals surface area contributed by atoms with Crippen LogP contribution in [0.3, 0.4) is 0 Å². The van der Waals surface area contributed by atoms with Gasteiger partial charge in [0.05, 0.1) is 24.9 Å². The fraction of sp³-hybridized carbons (Fsp3) is 0.917. The highest BCUT2D eigenvalue weighted by atomic mass is 16.7. The lowest BCUT2D eigenvalue weighted by Gasteiger charge is -2.38. The fourth-order valence-corrected chi connectivity index (χ4v) is 3.97. The van der Waals surface area contributed by atoms with Crippen molar-refractivity contribution in [3.05, 3.63) is 12.2 Å². The van der Waals surface area contributed by atoms with Gasteiger partial charge >= 0.3 is 0 Å². The Kier molecular flexibility index (Phi) is 16.0. The summed E-state index contributed by atoms with van der Waals surface area (Å²) < 4.78 is 16.9. The Bertz CT molecular complexity index is 372. The number of hydrogen-bond acceptors (Lipinski definition) is 4. The van der Waals surface area contributed by atoms with Gasteiger partial charge in [-0.1, -0.05) is 90.2 Å². The normalized spacial score (nSPS) is 25.6. The third kappa shape index (κ3) is 11.5. The first-order valence-corrected chi connectivity index (χ1v) is 11.8. The number of aliphatic hydroxyl groups is 1. The molecule has 4 nitrogen and oxygen atoms in total. The van der Waals surface area contributed by atoms with Gasteiger partial charge in [0.15, 0.2) is 0 Å². The summed E-state index contributed by atoms with van der Waals surface area (Å²) in [7, 11) is 1.62. The second kappa shape index (κ2) is 17.4. The lowest BCUT2D eigenvalue weighted by molar-refractivity contribution is -0.149. The summed E-state index contributed by atoms with van der Waals surface area (Å²) >= 11 is 0. The molecule has 1 rings (SSSR count). The van der Waals surface area contributed by atoms with Crippen molar-refractivity contribution in [1.29, 1.82) is 0 Å². The number of methoxy groups -OCH3 is 1. The molecule has 1 heterocycles. The number of rotatable bonds is 17. The zero-order valence-corrected chi connectivity index (χ0v) is 18.7. The monoisotopic (exact) mass is 398 g/mol. The van der Waals surface area contributed by atoms with E-state index in [-0.39, 0.29) is 31.0 Å². The van der Waals surface area contributed by atoms with Crippen LogP contribution in [-0.2, 0) is 14.2 Å². The molecule has 0 radical (unpaired) electrons. The summed E-state index contributed by atoms with van der Waals surface area (Å²) in [5.41, 5.74) is 0. The van der Waals surface area contributed by atoms with Crippen LogP contribution in [0.25, 0.3) is 0 Å². The zero-order chi connectivity index (χ0) is 20.5. The minimum absolute atomic E-state index is 0.0115. The molecule has 0 aliphatic carbocycles. The standard InChI is InChI=1S/C24H46O4/c1-4-6-8-9-10-11-12-13-15-16-21-18-23(25)22(19-27-20-26-3)24(28-21)17-14-7-5-2/h14,17,21-25H,4-13,15-16,18-20H2,1-3H3/b17-14+/t21-,22-,23+,24+/m1/s1. The average molecular weight is 399 g/mol. The Balaban J connectivity index is 2.31. The van der Waals surface area contributed by atoms with Crippen molar-refractivity contribution >= 4 is 0 Å². The van der Waals surface area contributed by atoms with Gasteiger partial charge in [-0.15, -0.1) is 0 Å². The Morgan fingerprint density at radius 1 is 0.964 bits per heavy atom. The van der Waals surface area contributed by atoms with E-state index >= 15 is 0 Å². The number of unbranched alkanes of at least 4 members (excludes halogenated alkanes) is 9. The van der Waals surface area contributed by atoms with Gasteiger partial charge in [0, 0.05) is 13.0 Å².